The fourth-order valence-electron chi connectivity index (χ4n) is 2.60. The third-order valence-electron chi connectivity index (χ3n) is 3.67. The molecule has 0 atom stereocenters. The SMILES string of the molecule is CCc1ccc(/C=N/NC(=O)c2c(C)cc(C)cc2C)cc1. The van der Waals surface area contributed by atoms with Crippen LogP contribution in [0.1, 0.15) is 45.1 Å². The van der Waals surface area contributed by atoms with Crippen molar-refractivity contribution in [1.82, 2.24) is 5.43 Å². The Kier molecular flexibility index (Phi) is 5.10. The van der Waals surface area contributed by atoms with Crippen LogP contribution in [0.3, 0.4) is 0 Å². The van der Waals surface area contributed by atoms with Crippen molar-refractivity contribution < 1.29 is 4.79 Å². The van der Waals surface area contributed by atoms with Gasteiger partial charge in [0.2, 0.25) is 0 Å². The molecular formula is C19H22N2O. The number of nitrogens with zero attached hydrogens (tertiary/aromatic N) is 1. The Morgan fingerprint density at radius 1 is 1.09 bits per heavy atom. The zero-order valence-electron chi connectivity index (χ0n) is 13.6. The number of hydrazone groups is 1. The number of aryl methyl sites for hydroxylation is 4. The maximum atomic E-state index is 12.3. The molecule has 0 aromatic heterocycles. The van der Waals surface area contributed by atoms with Crippen LogP contribution in [0, 0.1) is 20.8 Å². The lowest BCUT2D eigenvalue weighted by Gasteiger charge is -2.09. The van der Waals surface area contributed by atoms with E-state index in [0.717, 1.165) is 28.7 Å². The van der Waals surface area contributed by atoms with E-state index in [1.807, 2.05) is 45.0 Å². The number of rotatable bonds is 4. The topological polar surface area (TPSA) is 41.5 Å². The first kappa shape index (κ1) is 16.0. The van der Waals surface area contributed by atoms with E-state index in [2.05, 4.69) is 29.6 Å². The van der Waals surface area contributed by atoms with Gasteiger partial charge < -0.3 is 0 Å². The minimum atomic E-state index is -0.170. The molecule has 1 amide bonds. The number of nitrogens with one attached hydrogen (secondary N) is 1. The largest absolute Gasteiger partial charge is 0.271 e. The Morgan fingerprint density at radius 2 is 1.68 bits per heavy atom. The van der Waals surface area contributed by atoms with Crippen molar-refractivity contribution in [2.24, 2.45) is 5.10 Å². The van der Waals surface area contributed by atoms with Crippen molar-refractivity contribution >= 4 is 12.1 Å². The van der Waals surface area contributed by atoms with Gasteiger partial charge in [-0.1, -0.05) is 48.9 Å². The predicted octanol–water partition coefficient (Wildman–Crippen LogP) is 3.94. The van der Waals surface area contributed by atoms with Crippen LogP contribution in [0.2, 0.25) is 0 Å². The summed E-state index contributed by atoms with van der Waals surface area (Å²) in [4.78, 5) is 12.3. The molecule has 3 nitrogen and oxygen atoms in total. The Labute approximate surface area is 132 Å². The molecule has 0 radical (unpaired) electrons. The van der Waals surface area contributed by atoms with Crippen LogP contribution >= 0.6 is 0 Å². The maximum Gasteiger partial charge on any atom is 0.271 e. The molecule has 2 rings (SSSR count). The van der Waals surface area contributed by atoms with Gasteiger partial charge in [-0.05, 0) is 49.4 Å². The van der Waals surface area contributed by atoms with Gasteiger partial charge in [0.15, 0.2) is 0 Å². The highest BCUT2D eigenvalue weighted by molar-refractivity contribution is 5.97. The fraction of sp³-hybridized carbons (Fsp3) is 0.263. The van der Waals surface area contributed by atoms with Crippen LogP contribution in [0.4, 0.5) is 0 Å². The van der Waals surface area contributed by atoms with Crippen molar-refractivity contribution in [1.29, 1.82) is 0 Å². The normalized spacial score (nSPS) is 10.9. The van der Waals surface area contributed by atoms with Crippen LogP contribution in [0.5, 0.6) is 0 Å². The van der Waals surface area contributed by atoms with E-state index in [4.69, 9.17) is 0 Å². The lowest BCUT2D eigenvalue weighted by atomic mass is 9.99. The van der Waals surface area contributed by atoms with Crippen molar-refractivity contribution in [3.05, 3.63) is 69.8 Å². The average Bonchev–Trinajstić information content (AvgIpc) is 2.47. The molecule has 0 heterocycles. The second-order valence-electron chi connectivity index (χ2n) is 5.57. The molecule has 0 aliphatic rings. The first-order valence-electron chi connectivity index (χ1n) is 7.51. The molecule has 0 unspecified atom stereocenters. The second-order valence-corrected chi connectivity index (χ2v) is 5.57. The molecule has 0 bridgehead atoms. The standard InChI is InChI=1S/C19H22N2O/c1-5-16-6-8-17(9-7-16)12-20-21-19(22)18-14(3)10-13(2)11-15(18)4/h6-12H,5H2,1-4H3,(H,21,22)/b20-12+. The molecule has 1 N–H and O–H groups in total. The first-order chi connectivity index (χ1) is 10.5. The lowest BCUT2D eigenvalue weighted by molar-refractivity contribution is 0.0954. The molecular weight excluding hydrogens is 272 g/mol. The number of hydrogen-bond donors (Lipinski definition) is 1. The van der Waals surface area contributed by atoms with Gasteiger partial charge in [-0.25, -0.2) is 5.43 Å². The zero-order valence-corrected chi connectivity index (χ0v) is 13.6. The van der Waals surface area contributed by atoms with Gasteiger partial charge >= 0.3 is 0 Å². The van der Waals surface area contributed by atoms with Crippen LogP contribution in [0.25, 0.3) is 0 Å². The van der Waals surface area contributed by atoms with Crippen molar-refractivity contribution in [3.8, 4) is 0 Å². The van der Waals surface area contributed by atoms with Crippen LogP contribution < -0.4 is 5.43 Å². The summed E-state index contributed by atoms with van der Waals surface area (Å²) in [5.74, 6) is -0.170. The summed E-state index contributed by atoms with van der Waals surface area (Å²) in [6, 6.07) is 12.1. The Hall–Kier alpha value is -2.42. The molecule has 2 aromatic rings. The van der Waals surface area contributed by atoms with E-state index in [1.54, 1.807) is 6.21 Å². The number of carbonyl (C=O) groups is 1. The lowest BCUT2D eigenvalue weighted by Crippen LogP contribution is -2.20. The monoisotopic (exact) mass is 294 g/mol. The predicted molar refractivity (Wildman–Crippen MR) is 91.5 cm³/mol. The van der Waals surface area contributed by atoms with Gasteiger partial charge in [-0.2, -0.15) is 5.10 Å². The van der Waals surface area contributed by atoms with Gasteiger partial charge in [-0.15, -0.1) is 0 Å². The third kappa shape index (κ3) is 3.82. The molecule has 22 heavy (non-hydrogen) atoms. The highest BCUT2D eigenvalue weighted by Gasteiger charge is 2.11. The maximum absolute atomic E-state index is 12.3. The molecule has 2 aromatic carbocycles. The van der Waals surface area contributed by atoms with E-state index in [1.165, 1.54) is 5.56 Å². The summed E-state index contributed by atoms with van der Waals surface area (Å²) >= 11 is 0. The number of amides is 1. The summed E-state index contributed by atoms with van der Waals surface area (Å²) in [7, 11) is 0. The van der Waals surface area contributed by atoms with Crippen molar-refractivity contribution in [2.45, 2.75) is 34.1 Å². The summed E-state index contributed by atoms with van der Waals surface area (Å²) < 4.78 is 0. The molecule has 0 spiro atoms. The number of carbonyl (C=O) groups excluding carboxylic acids is 1. The Balaban J connectivity index is 2.07. The summed E-state index contributed by atoms with van der Waals surface area (Å²) in [5.41, 5.74) is 8.66. The molecule has 0 fully saturated rings. The van der Waals surface area contributed by atoms with Crippen LogP contribution in [-0.4, -0.2) is 12.1 Å². The fourth-order valence-corrected chi connectivity index (χ4v) is 2.60. The smallest absolute Gasteiger partial charge is 0.267 e. The second kappa shape index (κ2) is 7.03. The van der Waals surface area contributed by atoms with E-state index in [-0.39, 0.29) is 5.91 Å². The third-order valence-corrected chi connectivity index (χ3v) is 3.67. The molecule has 0 aliphatic carbocycles. The number of benzene rings is 2. The number of hydrogen-bond acceptors (Lipinski definition) is 2. The van der Waals surface area contributed by atoms with E-state index < -0.39 is 0 Å². The van der Waals surface area contributed by atoms with Crippen LogP contribution in [0.15, 0.2) is 41.5 Å². The van der Waals surface area contributed by atoms with E-state index >= 15 is 0 Å². The van der Waals surface area contributed by atoms with Gasteiger partial charge in [0.1, 0.15) is 0 Å². The minimum Gasteiger partial charge on any atom is -0.267 e. The van der Waals surface area contributed by atoms with Gasteiger partial charge in [-0.3, -0.25) is 4.79 Å². The van der Waals surface area contributed by atoms with Gasteiger partial charge in [0, 0.05) is 5.56 Å². The summed E-state index contributed by atoms with van der Waals surface area (Å²) in [6.45, 7) is 8.04. The summed E-state index contributed by atoms with van der Waals surface area (Å²) in [6.07, 6.45) is 2.68. The minimum absolute atomic E-state index is 0.170. The summed E-state index contributed by atoms with van der Waals surface area (Å²) in [5, 5.41) is 4.05. The first-order valence-corrected chi connectivity index (χ1v) is 7.51. The van der Waals surface area contributed by atoms with E-state index in [0.29, 0.717) is 5.56 Å². The van der Waals surface area contributed by atoms with Crippen LogP contribution in [-0.2, 0) is 6.42 Å². The highest BCUT2D eigenvalue weighted by atomic mass is 16.2. The van der Waals surface area contributed by atoms with Crippen molar-refractivity contribution in [2.75, 3.05) is 0 Å². The quantitative estimate of drug-likeness (QED) is 0.673. The molecule has 3 heteroatoms. The molecule has 0 saturated heterocycles. The molecule has 114 valence electrons. The van der Waals surface area contributed by atoms with Gasteiger partial charge in [0.25, 0.3) is 5.91 Å². The van der Waals surface area contributed by atoms with Crippen molar-refractivity contribution in [3.63, 3.8) is 0 Å². The molecule has 0 saturated carbocycles. The zero-order chi connectivity index (χ0) is 16.1. The Bertz CT molecular complexity index is 677. The average molecular weight is 294 g/mol. The molecule has 0 aliphatic heterocycles. The Morgan fingerprint density at radius 3 is 2.23 bits per heavy atom. The van der Waals surface area contributed by atoms with E-state index in [9.17, 15) is 4.79 Å². The highest BCUT2D eigenvalue weighted by Crippen LogP contribution is 2.16. The van der Waals surface area contributed by atoms with Gasteiger partial charge in [0.05, 0.1) is 6.21 Å².